The number of halogens is 3. The van der Waals surface area contributed by atoms with E-state index in [2.05, 4.69) is 30.7 Å². The molecule has 0 radical (unpaired) electrons. The maximum absolute atomic E-state index is 6.23. The van der Waals surface area contributed by atoms with E-state index >= 15 is 0 Å². The Morgan fingerprint density at radius 2 is 2.06 bits per heavy atom. The van der Waals surface area contributed by atoms with Gasteiger partial charge in [0, 0.05) is 16.6 Å². The fraction of sp³-hybridized carbons (Fsp3) is 0.333. The lowest BCUT2D eigenvalue weighted by Gasteiger charge is -2.09. The van der Waals surface area contributed by atoms with Crippen LogP contribution in [0.2, 0.25) is 10.0 Å². The van der Waals surface area contributed by atoms with Crippen molar-refractivity contribution in [3.63, 3.8) is 0 Å². The van der Waals surface area contributed by atoms with Crippen molar-refractivity contribution in [1.29, 1.82) is 0 Å². The Morgan fingerprint density at radius 3 is 2.72 bits per heavy atom. The van der Waals surface area contributed by atoms with E-state index < -0.39 is 0 Å². The molecule has 1 fully saturated rings. The maximum atomic E-state index is 6.23. The Kier molecular flexibility index (Phi) is 3.34. The maximum Gasteiger partial charge on any atom is 0.165 e. The summed E-state index contributed by atoms with van der Waals surface area (Å²) >= 11 is 15.7. The van der Waals surface area contributed by atoms with Gasteiger partial charge in [0.1, 0.15) is 5.82 Å². The SMILES string of the molecule is Clc1ccc(Cl)c(-c2nnc(CBr)n2C2CC2)c1. The summed E-state index contributed by atoms with van der Waals surface area (Å²) in [5, 5.41) is 10.5. The van der Waals surface area contributed by atoms with Gasteiger partial charge in [0.05, 0.1) is 10.4 Å². The second-order valence-electron chi connectivity index (χ2n) is 4.30. The summed E-state index contributed by atoms with van der Waals surface area (Å²) in [6.07, 6.45) is 2.34. The lowest BCUT2D eigenvalue weighted by molar-refractivity contribution is 0.714. The molecule has 0 aliphatic heterocycles. The van der Waals surface area contributed by atoms with E-state index in [0.29, 0.717) is 21.4 Å². The molecular weight excluding hydrogens is 337 g/mol. The molecule has 0 N–H and O–H groups in total. The monoisotopic (exact) mass is 345 g/mol. The molecule has 94 valence electrons. The van der Waals surface area contributed by atoms with Crippen LogP contribution in [0.4, 0.5) is 0 Å². The molecule has 18 heavy (non-hydrogen) atoms. The van der Waals surface area contributed by atoms with Crippen LogP contribution in [-0.2, 0) is 5.33 Å². The van der Waals surface area contributed by atoms with E-state index in [-0.39, 0.29) is 0 Å². The van der Waals surface area contributed by atoms with Gasteiger partial charge in [0.15, 0.2) is 5.82 Å². The molecule has 6 heteroatoms. The van der Waals surface area contributed by atoms with Gasteiger partial charge in [-0.05, 0) is 31.0 Å². The molecule has 2 aromatic rings. The lowest BCUT2D eigenvalue weighted by atomic mass is 10.2. The van der Waals surface area contributed by atoms with Gasteiger partial charge in [-0.3, -0.25) is 0 Å². The van der Waals surface area contributed by atoms with Gasteiger partial charge in [-0.2, -0.15) is 0 Å². The highest BCUT2D eigenvalue weighted by molar-refractivity contribution is 9.08. The molecule has 0 spiro atoms. The molecule has 0 atom stereocenters. The van der Waals surface area contributed by atoms with Gasteiger partial charge >= 0.3 is 0 Å². The summed E-state index contributed by atoms with van der Waals surface area (Å²) in [5.41, 5.74) is 0.843. The Morgan fingerprint density at radius 1 is 1.28 bits per heavy atom. The first-order chi connectivity index (χ1) is 8.70. The number of aromatic nitrogens is 3. The smallest absolute Gasteiger partial charge is 0.165 e. The third-order valence-electron chi connectivity index (χ3n) is 2.97. The number of hydrogen-bond acceptors (Lipinski definition) is 2. The molecule has 1 aromatic carbocycles. The first-order valence-corrected chi connectivity index (χ1v) is 7.53. The highest BCUT2D eigenvalue weighted by atomic mass is 79.9. The molecule has 1 aromatic heterocycles. The zero-order valence-electron chi connectivity index (χ0n) is 9.41. The van der Waals surface area contributed by atoms with E-state index in [1.54, 1.807) is 12.1 Å². The molecule has 0 amide bonds. The van der Waals surface area contributed by atoms with Crippen LogP contribution < -0.4 is 0 Å². The van der Waals surface area contributed by atoms with E-state index in [9.17, 15) is 0 Å². The van der Waals surface area contributed by atoms with Crippen LogP contribution in [0, 0.1) is 0 Å². The Balaban J connectivity index is 2.16. The topological polar surface area (TPSA) is 30.7 Å². The first kappa shape index (κ1) is 12.5. The minimum atomic E-state index is 0.498. The molecule has 1 aliphatic carbocycles. The van der Waals surface area contributed by atoms with Crippen molar-refractivity contribution >= 4 is 39.1 Å². The van der Waals surface area contributed by atoms with Crippen LogP contribution in [0.15, 0.2) is 18.2 Å². The van der Waals surface area contributed by atoms with Gasteiger partial charge in [-0.15, -0.1) is 10.2 Å². The van der Waals surface area contributed by atoms with E-state index in [0.717, 1.165) is 17.2 Å². The van der Waals surface area contributed by atoms with Crippen LogP contribution in [0.1, 0.15) is 24.7 Å². The zero-order chi connectivity index (χ0) is 12.7. The number of benzene rings is 1. The van der Waals surface area contributed by atoms with Crippen molar-refractivity contribution < 1.29 is 0 Å². The van der Waals surface area contributed by atoms with Crippen LogP contribution in [0.5, 0.6) is 0 Å². The highest BCUT2D eigenvalue weighted by Crippen LogP contribution is 2.40. The van der Waals surface area contributed by atoms with Crippen molar-refractivity contribution in [2.45, 2.75) is 24.2 Å². The summed E-state index contributed by atoms with van der Waals surface area (Å²) in [6, 6.07) is 5.90. The molecule has 1 aliphatic rings. The summed E-state index contributed by atoms with van der Waals surface area (Å²) in [4.78, 5) is 0. The number of alkyl halides is 1. The Bertz CT molecular complexity index is 593. The van der Waals surface area contributed by atoms with Crippen molar-refractivity contribution in [2.24, 2.45) is 0 Å². The molecule has 3 nitrogen and oxygen atoms in total. The largest absolute Gasteiger partial charge is 0.307 e. The summed E-state index contributed by atoms with van der Waals surface area (Å²) < 4.78 is 2.16. The number of nitrogens with zero attached hydrogens (tertiary/aromatic N) is 3. The molecule has 0 saturated heterocycles. The predicted molar refractivity (Wildman–Crippen MR) is 76.4 cm³/mol. The Hall–Kier alpha value is -0.580. The summed E-state index contributed by atoms with van der Waals surface area (Å²) in [7, 11) is 0. The lowest BCUT2D eigenvalue weighted by Crippen LogP contribution is -2.02. The molecule has 0 bridgehead atoms. The van der Waals surface area contributed by atoms with Gasteiger partial charge in [-0.25, -0.2) is 0 Å². The van der Waals surface area contributed by atoms with E-state index in [1.807, 2.05) is 6.07 Å². The van der Waals surface area contributed by atoms with Gasteiger partial charge < -0.3 is 4.57 Å². The van der Waals surface area contributed by atoms with Crippen molar-refractivity contribution in [2.75, 3.05) is 0 Å². The molecule has 1 saturated carbocycles. The third kappa shape index (κ3) is 2.17. The van der Waals surface area contributed by atoms with Crippen LogP contribution in [0.25, 0.3) is 11.4 Å². The highest BCUT2D eigenvalue weighted by Gasteiger charge is 2.30. The fourth-order valence-corrected chi connectivity index (χ4v) is 2.74. The first-order valence-electron chi connectivity index (χ1n) is 5.66. The van der Waals surface area contributed by atoms with E-state index in [4.69, 9.17) is 23.2 Å². The average molecular weight is 347 g/mol. The number of hydrogen-bond donors (Lipinski definition) is 0. The second-order valence-corrected chi connectivity index (χ2v) is 5.70. The standard InChI is InChI=1S/C12H10BrCl2N3/c13-6-11-16-17-12(18(11)8-2-3-8)9-5-7(14)1-4-10(9)15/h1,4-5,8H,2-3,6H2. The number of rotatable bonds is 3. The minimum absolute atomic E-state index is 0.498. The van der Waals surface area contributed by atoms with Gasteiger partial charge in [0.25, 0.3) is 0 Å². The third-order valence-corrected chi connectivity index (χ3v) is 4.03. The van der Waals surface area contributed by atoms with Crippen molar-refractivity contribution in [1.82, 2.24) is 14.8 Å². The van der Waals surface area contributed by atoms with Gasteiger partial charge in [0.2, 0.25) is 0 Å². The quantitative estimate of drug-likeness (QED) is 0.767. The van der Waals surface area contributed by atoms with E-state index in [1.165, 1.54) is 12.8 Å². The molecular formula is C12H10BrCl2N3. The predicted octanol–water partition coefficient (Wildman–Crippen LogP) is 4.48. The minimum Gasteiger partial charge on any atom is -0.307 e. The summed E-state index contributed by atoms with van der Waals surface area (Å²) in [5.74, 6) is 1.74. The van der Waals surface area contributed by atoms with Crippen molar-refractivity contribution in [3.05, 3.63) is 34.1 Å². The van der Waals surface area contributed by atoms with Crippen LogP contribution in [-0.4, -0.2) is 14.8 Å². The molecule has 3 rings (SSSR count). The summed E-state index contributed by atoms with van der Waals surface area (Å²) in [6.45, 7) is 0. The molecule has 1 heterocycles. The average Bonchev–Trinajstić information content (AvgIpc) is 3.12. The zero-order valence-corrected chi connectivity index (χ0v) is 12.5. The normalized spacial score (nSPS) is 15.1. The van der Waals surface area contributed by atoms with Crippen LogP contribution in [0.3, 0.4) is 0 Å². The Labute approximate surface area is 123 Å². The second kappa shape index (κ2) is 4.83. The molecule has 0 unspecified atom stereocenters. The van der Waals surface area contributed by atoms with Crippen molar-refractivity contribution in [3.8, 4) is 11.4 Å². The van der Waals surface area contributed by atoms with Gasteiger partial charge in [-0.1, -0.05) is 39.1 Å². The fourth-order valence-electron chi connectivity index (χ4n) is 1.98. The van der Waals surface area contributed by atoms with Crippen LogP contribution >= 0.6 is 39.1 Å².